The van der Waals surface area contributed by atoms with Crippen LogP contribution in [0.15, 0.2) is 84.9 Å². The maximum atomic E-state index is 13.2. The highest BCUT2D eigenvalue weighted by atomic mass is 16.5. The van der Waals surface area contributed by atoms with E-state index in [9.17, 15) is 4.79 Å². The molecule has 0 saturated carbocycles. The van der Waals surface area contributed by atoms with E-state index in [4.69, 9.17) is 9.47 Å². The first-order valence-corrected chi connectivity index (χ1v) is 9.88. The zero-order chi connectivity index (χ0) is 21.3. The standard InChI is InChI=1S/C26H27NO3/c1-20(24-15-14-23(29-2)17-25(24)30-3)16-26(28)27(18-21-10-6-4-7-11-21)19-22-12-8-5-9-13-22/h4-17H,18-19H2,1-3H3/b20-16+. The SMILES string of the molecule is COc1ccc(/C(C)=C/C(=O)N(Cc2ccccc2)Cc2ccccc2)c(OC)c1. The van der Waals surface area contributed by atoms with E-state index < -0.39 is 0 Å². The summed E-state index contributed by atoms with van der Waals surface area (Å²) in [5, 5.41) is 0. The fourth-order valence-corrected chi connectivity index (χ4v) is 3.30. The molecule has 30 heavy (non-hydrogen) atoms. The molecule has 0 unspecified atom stereocenters. The summed E-state index contributed by atoms with van der Waals surface area (Å²) in [5.41, 5.74) is 3.89. The molecule has 0 bridgehead atoms. The second-order valence-corrected chi connectivity index (χ2v) is 7.06. The van der Waals surface area contributed by atoms with Crippen molar-refractivity contribution in [2.24, 2.45) is 0 Å². The fourth-order valence-electron chi connectivity index (χ4n) is 3.30. The second kappa shape index (κ2) is 10.3. The van der Waals surface area contributed by atoms with Gasteiger partial charge in [0.15, 0.2) is 0 Å². The van der Waals surface area contributed by atoms with Gasteiger partial charge in [-0.15, -0.1) is 0 Å². The number of rotatable bonds is 8. The van der Waals surface area contributed by atoms with Crippen LogP contribution in [0.2, 0.25) is 0 Å². The van der Waals surface area contributed by atoms with Crippen LogP contribution in [0.4, 0.5) is 0 Å². The molecular formula is C26H27NO3. The number of hydrogen-bond donors (Lipinski definition) is 0. The normalized spacial score (nSPS) is 11.1. The number of ether oxygens (including phenoxy) is 2. The van der Waals surface area contributed by atoms with Crippen molar-refractivity contribution in [3.8, 4) is 11.5 Å². The predicted octanol–water partition coefficient (Wildman–Crippen LogP) is 5.34. The summed E-state index contributed by atoms with van der Waals surface area (Å²) in [4.78, 5) is 15.1. The molecule has 3 aromatic rings. The molecule has 0 atom stereocenters. The lowest BCUT2D eigenvalue weighted by atomic mass is 10.0. The fraction of sp³-hybridized carbons (Fsp3) is 0.192. The molecule has 3 aromatic carbocycles. The summed E-state index contributed by atoms with van der Waals surface area (Å²) in [6.07, 6.45) is 1.68. The highest BCUT2D eigenvalue weighted by molar-refractivity contribution is 5.95. The highest BCUT2D eigenvalue weighted by Crippen LogP contribution is 2.30. The van der Waals surface area contributed by atoms with Gasteiger partial charge >= 0.3 is 0 Å². The van der Waals surface area contributed by atoms with Gasteiger partial charge in [0.05, 0.1) is 14.2 Å². The molecule has 0 heterocycles. The summed E-state index contributed by atoms with van der Waals surface area (Å²) in [6.45, 7) is 3.00. The predicted molar refractivity (Wildman–Crippen MR) is 120 cm³/mol. The largest absolute Gasteiger partial charge is 0.497 e. The van der Waals surface area contributed by atoms with E-state index in [-0.39, 0.29) is 5.91 Å². The molecule has 0 N–H and O–H groups in total. The Morgan fingerprint density at radius 1 is 0.833 bits per heavy atom. The number of allylic oxidation sites excluding steroid dienone is 1. The van der Waals surface area contributed by atoms with Crippen molar-refractivity contribution < 1.29 is 14.3 Å². The molecule has 0 aliphatic heterocycles. The first-order chi connectivity index (χ1) is 14.6. The Bertz CT molecular complexity index is 956. The molecule has 4 nitrogen and oxygen atoms in total. The minimum atomic E-state index is -0.0434. The number of nitrogens with zero attached hydrogens (tertiary/aromatic N) is 1. The average molecular weight is 402 g/mol. The van der Waals surface area contributed by atoms with Gasteiger partial charge in [-0.25, -0.2) is 0 Å². The molecule has 0 aromatic heterocycles. The average Bonchev–Trinajstić information content (AvgIpc) is 2.79. The topological polar surface area (TPSA) is 38.8 Å². The lowest BCUT2D eigenvalue weighted by molar-refractivity contribution is -0.127. The molecule has 0 aliphatic carbocycles. The van der Waals surface area contributed by atoms with E-state index in [2.05, 4.69) is 0 Å². The Hall–Kier alpha value is -3.53. The van der Waals surface area contributed by atoms with E-state index in [0.717, 1.165) is 22.3 Å². The molecule has 3 rings (SSSR count). The van der Waals surface area contributed by atoms with Crippen LogP contribution in [0, 0.1) is 0 Å². The highest BCUT2D eigenvalue weighted by Gasteiger charge is 2.15. The summed E-state index contributed by atoms with van der Waals surface area (Å²) in [5.74, 6) is 1.34. The first kappa shape index (κ1) is 21.2. The lowest BCUT2D eigenvalue weighted by Gasteiger charge is -2.22. The lowest BCUT2D eigenvalue weighted by Crippen LogP contribution is -2.28. The molecule has 0 radical (unpaired) electrons. The van der Waals surface area contributed by atoms with E-state index in [1.54, 1.807) is 20.3 Å². The van der Waals surface area contributed by atoms with Crippen LogP contribution >= 0.6 is 0 Å². The van der Waals surface area contributed by atoms with Crippen LogP contribution in [0.1, 0.15) is 23.6 Å². The van der Waals surface area contributed by atoms with E-state index in [0.29, 0.717) is 24.6 Å². The number of carbonyl (C=O) groups excluding carboxylic acids is 1. The first-order valence-electron chi connectivity index (χ1n) is 9.88. The van der Waals surface area contributed by atoms with E-state index in [1.807, 2.05) is 90.7 Å². The van der Waals surface area contributed by atoms with Crippen molar-refractivity contribution >= 4 is 11.5 Å². The van der Waals surface area contributed by atoms with Gasteiger partial charge in [-0.3, -0.25) is 4.79 Å². The van der Waals surface area contributed by atoms with Crippen LogP contribution in [-0.4, -0.2) is 25.0 Å². The van der Waals surface area contributed by atoms with E-state index in [1.165, 1.54) is 0 Å². The Labute approximate surface area is 178 Å². The Kier molecular flexibility index (Phi) is 7.28. The summed E-state index contributed by atoms with van der Waals surface area (Å²) >= 11 is 0. The minimum Gasteiger partial charge on any atom is -0.497 e. The number of hydrogen-bond acceptors (Lipinski definition) is 3. The Morgan fingerprint density at radius 2 is 1.40 bits per heavy atom. The van der Waals surface area contributed by atoms with Crippen molar-refractivity contribution in [2.75, 3.05) is 14.2 Å². The van der Waals surface area contributed by atoms with Gasteiger partial charge in [-0.1, -0.05) is 60.7 Å². The third-order valence-electron chi connectivity index (χ3n) is 4.92. The van der Waals surface area contributed by atoms with Crippen molar-refractivity contribution in [1.82, 2.24) is 4.90 Å². The summed E-state index contributed by atoms with van der Waals surface area (Å²) in [6, 6.07) is 25.7. The van der Waals surface area contributed by atoms with Gasteiger partial charge in [0.25, 0.3) is 0 Å². The van der Waals surface area contributed by atoms with Gasteiger partial charge < -0.3 is 14.4 Å². The van der Waals surface area contributed by atoms with E-state index >= 15 is 0 Å². The smallest absolute Gasteiger partial charge is 0.247 e. The maximum Gasteiger partial charge on any atom is 0.247 e. The number of benzene rings is 3. The van der Waals surface area contributed by atoms with Gasteiger partial charge in [-0.05, 0) is 35.8 Å². The van der Waals surface area contributed by atoms with Crippen molar-refractivity contribution in [3.63, 3.8) is 0 Å². The monoisotopic (exact) mass is 401 g/mol. The number of amides is 1. The quantitative estimate of drug-likeness (QED) is 0.479. The minimum absolute atomic E-state index is 0.0434. The molecule has 0 aliphatic rings. The molecule has 1 amide bonds. The maximum absolute atomic E-state index is 13.2. The van der Waals surface area contributed by atoms with Crippen LogP contribution in [0.5, 0.6) is 11.5 Å². The third-order valence-corrected chi connectivity index (χ3v) is 4.92. The molecule has 4 heteroatoms. The van der Waals surface area contributed by atoms with Crippen molar-refractivity contribution in [3.05, 3.63) is 102 Å². The van der Waals surface area contributed by atoms with Crippen LogP contribution in [0.25, 0.3) is 5.57 Å². The van der Waals surface area contributed by atoms with Crippen LogP contribution in [0.3, 0.4) is 0 Å². The summed E-state index contributed by atoms with van der Waals surface area (Å²) in [7, 11) is 3.23. The zero-order valence-electron chi connectivity index (χ0n) is 17.7. The van der Waals surface area contributed by atoms with Gasteiger partial charge in [0, 0.05) is 30.8 Å². The summed E-state index contributed by atoms with van der Waals surface area (Å²) < 4.78 is 10.8. The molecule has 0 fully saturated rings. The van der Waals surface area contributed by atoms with Gasteiger partial charge in [0.1, 0.15) is 11.5 Å². The van der Waals surface area contributed by atoms with Crippen LogP contribution in [-0.2, 0) is 17.9 Å². The number of methoxy groups -OCH3 is 2. The molecular weight excluding hydrogens is 374 g/mol. The third kappa shape index (κ3) is 5.51. The Morgan fingerprint density at radius 3 is 1.90 bits per heavy atom. The van der Waals surface area contributed by atoms with Crippen molar-refractivity contribution in [2.45, 2.75) is 20.0 Å². The second-order valence-electron chi connectivity index (χ2n) is 7.06. The van der Waals surface area contributed by atoms with Crippen molar-refractivity contribution in [1.29, 1.82) is 0 Å². The number of carbonyl (C=O) groups is 1. The van der Waals surface area contributed by atoms with Gasteiger partial charge in [0.2, 0.25) is 5.91 Å². The molecule has 154 valence electrons. The van der Waals surface area contributed by atoms with Gasteiger partial charge in [-0.2, -0.15) is 0 Å². The molecule has 0 spiro atoms. The zero-order valence-corrected chi connectivity index (χ0v) is 17.7. The van der Waals surface area contributed by atoms with Crippen LogP contribution < -0.4 is 9.47 Å². The Balaban J connectivity index is 1.88. The molecule has 0 saturated heterocycles.